The number of amides is 2. The molecular weight excluding hydrogens is 426 g/mol. The van der Waals surface area contributed by atoms with Gasteiger partial charge in [0.15, 0.2) is 17.2 Å². The SMILES string of the molecule is C[C@H]1CO[C@@]23CCC[C@@H]2n2cc(C(=O)NCc4c(F)ccnc4F)c(=O)c(O)c2C(=O)N13. The molecule has 0 aromatic carbocycles. The molecule has 0 bridgehead atoms. The molecule has 2 N–H and O–H groups in total. The Balaban J connectivity index is 1.54. The van der Waals surface area contributed by atoms with Crippen molar-refractivity contribution in [3.8, 4) is 5.75 Å². The van der Waals surface area contributed by atoms with Crippen molar-refractivity contribution in [3.63, 3.8) is 0 Å². The number of hydrogen-bond acceptors (Lipinski definition) is 6. The molecule has 5 rings (SSSR count). The van der Waals surface area contributed by atoms with Crippen molar-refractivity contribution in [1.82, 2.24) is 19.8 Å². The lowest BCUT2D eigenvalue weighted by atomic mass is 9.98. The molecule has 2 amide bonds. The van der Waals surface area contributed by atoms with E-state index in [-0.39, 0.29) is 17.8 Å². The Morgan fingerprint density at radius 2 is 2.19 bits per heavy atom. The van der Waals surface area contributed by atoms with Crippen molar-refractivity contribution in [1.29, 1.82) is 0 Å². The molecule has 168 valence electrons. The number of halogens is 2. The van der Waals surface area contributed by atoms with Crippen LogP contribution in [0, 0.1) is 11.8 Å². The van der Waals surface area contributed by atoms with Crippen LogP contribution < -0.4 is 10.7 Å². The van der Waals surface area contributed by atoms with Crippen LogP contribution in [0.2, 0.25) is 0 Å². The normalized spacial score (nSPS) is 26.0. The fraction of sp³-hybridized carbons (Fsp3) is 0.429. The van der Waals surface area contributed by atoms with Crippen molar-refractivity contribution in [2.24, 2.45) is 0 Å². The minimum Gasteiger partial charge on any atom is -0.503 e. The summed E-state index contributed by atoms with van der Waals surface area (Å²) in [6, 6.07) is 0.342. The number of aromatic nitrogens is 2. The van der Waals surface area contributed by atoms with Crippen molar-refractivity contribution < 1.29 is 28.2 Å². The van der Waals surface area contributed by atoms with E-state index in [0.717, 1.165) is 18.7 Å². The smallest absolute Gasteiger partial charge is 0.277 e. The van der Waals surface area contributed by atoms with Gasteiger partial charge in [-0.05, 0) is 32.3 Å². The highest BCUT2D eigenvalue weighted by atomic mass is 19.1. The predicted molar refractivity (Wildman–Crippen MR) is 105 cm³/mol. The van der Waals surface area contributed by atoms with Crippen molar-refractivity contribution in [3.05, 3.63) is 57.3 Å². The Bertz CT molecular complexity index is 1200. The van der Waals surface area contributed by atoms with E-state index in [2.05, 4.69) is 10.3 Å². The molecule has 0 unspecified atom stereocenters. The first-order valence-electron chi connectivity index (χ1n) is 10.3. The second-order valence-electron chi connectivity index (χ2n) is 8.31. The van der Waals surface area contributed by atoms with Crippen LogP contribution in [0.1, 0.15) is 58.6 Å². The number of nitrogens with zero attached hydrogens (tertiary/aromatic N) is 3. The van der Waals surface area contributed by atoms with Gasteiger partial charge in [0.25, 0.3) is 11.8 Å². The molecular formula is C21H20F2N4O5. The zero-order valence-corrected chi connectivity index (χ0v) is 17.1. The molecule has 0 radical (unpaired) electrons. The van der Waals surface area contributed by atoms with E-state index in [1.165, 1.54) is 10.8 Å². The van der Waals surface area contributed by atoms with Crippen LogP contribution in [0.15, 0.2) is 23.3 Å². The summed E-state index contributed by atoms with van der Waals surface area (Å²) in [7, 11) is 0. The fourth-order valence-corrected chi connectivity index (χ4v) is 5.12. The highest BCUT2D eigenvalue weighted by molar-refractivity contribution is 5.99. The van der Waals surface area contributed by atoms with Gasteiger partial charge in [0.1, 0.15) is 11.4 Å². The Morgan fingerprint density at radius 3 is 2.94 bits per heavy atom. The van der Waals surface area contributed by atoms with Crippen LogP contribution in [0.25, 0.3) is 0 Å². The van der Waals surface area contributed by atoms with E-state index < -0.39 is 58.2 Å². The third-order valence-corrected chi connectivity index (χ3v) is 6.54. The average molecular weight is 446 g/mol. The molecule has 2 aromatic rings. The molecule has 32 heavy (non-hydrogen) atoms. The second-order valence-corrected chi connectivity index (χ2v) is 8.31. The molecule has 4 heterocycles. The van der Waals surface area contributed by atoms with E-state index in [4.69, 9.17) is 4.74 Å². The molecule has 2 aromatic heterocycles. The van der Waals surface area contributed by atoms with Crippen molar-refractivity contribution >= 4 is 11.8 Å². The maximum Gasteiger partial charge on any atom is 0.277 e. The fourth-order valence-electron chi connectivity index (χ4n) is 5.12. The quantitative estimate of drug-likeness (QED) is 0.690. The molecule has 1 saturated heterocycles. The van der Waals surface area contributed by atoms with Gasteiger partial charge in [-0.3, -0.25) is 14.4 Å². The molecule has 2 aliphatic heterocycles. The van der Waals surface area contributed by atoms with Gasteiger partial charge >= 0.3 is 0 Å². The number of ether oxygens (including phenoxy) is 1. The zero-order valence-electron chi connectivity index (χ0n) is 17.1. The Kier molecular flexibility index (Phi) is 4.55. The third kappa shape index (κ3) is 2.70. The highest BCUT2D eigenvalue weighted by Crippen LogP contribution is 2.52. The number of carbonyl (C=O) groups excluding carboxylic acids is 2. The Hall–Kier alpha value is -3.34. The number of rotatable bonds is 3. The van der Waals surface area contributed by atoms with Gasteiger partial charge < -0.3 is 24.6 Å². The summed E-state index contributed by atoms with van der Waals surface area (Å²) in [5, 5.41) is 12.9. The summed E-state index contributed by atoms with van der Waals surface area (Å²) < 4.78 is 35.1. The average Bonchev–Trinajstić information content (AvgIpc) is 3.33. The van der Waals surface area contributed by atoms with E-state index in [0.29, 0.717) is 19.4 Å². The monoisotopic (exact) mass is 446 g/mol. The van der Waals surface area contributed by atoms with Crippen LogP contribution in [-0.4, -0.2) is 49.7 Å². The second kappa shape index (κ2) is 7.09. The standard InChI is InChI=1S/C21H20F2N4O5/c1-10-9-32-21-5-2-3-14(21)26-8-12(16(28)17(29)15(26)20(31)27(10)21)19(30)25-7-11-13(22)4-6-24-18(11)23/h4,6,8,10,14,29H,2-3,5,7,9H2,1H3,(H,25,30)/t10-,14-,21-/m0/s1. The van der Waals surface area contributed by atoms with Crippen LogP contribution in [0.3, 0.4) is 0 Å². The lowest BCUT2D eigenvalue weighted by molar-refractivity contribution is -0.101. The van der Waals surface area contributed by atoms with E-state index in [1.807, 2.05) is 6.92 Å². The van der Waals surface area contributed by atoms with Crippen molar-refractivity contribution in [2.75, 3.05) is 6.61 Å². The molecule has 9 nitrogen and oxygen atoms in total. The first-order chi connectivity index (χ1) is 15.3. The van der Waals surface area contributed by atoms with Gasteiger partial charge in [0, 0.05) is 12.4 Å². The van der Waals surface area contributed by atoms with Gasteiger partial charge in [-0.1, -0.05) is 0 Å². The number of carbonyl (C=O) groups is 2. The number of hydrogen-bond donors (Lipinski definition) is 2. The van der Waals surface area contributed by atoms with Gasteiger partial charge in [0.2, 0.25) is 11.4 Å². The van der Waals surface area contributed by atoms with Crippen LogP contribution in [0.4, 0.5) is 8.78 Å². The summed E-state index contributed by atoms with van der Waals surface area (Å²) in [4.78, 5) is 43.6. The maximum absolute atomic E-state index is 13.8. The first kappa shape index (κ1) is 20.6. The van der Waals surface area contributed by atoms with E-state index in [1.54, 1.807) is 4.90 Å². The number of fused-ring (bicyclic) bond motifs is 2. The molecule has 3 atom stereocenters. The summed E-state index contributed by atoms with van der Waals surface area (Å²) in [5.74, 6) is -4.28. The summed E-state index contributed by atoms with van der Waals surface area (Å²) >= 11 is 0. The molecule has 2 fully saturated rings. The lowest BCUT2D eigenvalue weighted by Crippen LogP contribution is -2.58. The topological polar surface area (TPSA) is 114 Å². The number of aromatic hydroxyl groups is 1. The minimum absolute atomic E-state index is 0.184. The minimum atomic E-state index is -1.08. The Morgan fingerprint density at radius 1 is 1.41 bits per heavy atom. The first-order valence-corrected chi connectivity index (χ1v) is 10.3. The number of nitrogens with one attached hydrogen (secondary N) is 1. The van der Waals surface area contributed by atoms with E-state index >= 15 is 0 Å². The highest BCUT2D eigenvalue weighted by Gasteiger charge is 2.60. The van der Waals surface area contributed by atoms with Crippen LogP contribution >= 0.6 is 0 Å². The summed E-state index contributed by atoms with van der Waals surface area (Å²) in [5.41, 5.74) is -3.01. The van der Waals surface area contributed by atoms with Crippen LogP contribution in [-0.2, 0) is 11.3 Å². The summed E-state index contributed by atoms with van der Waals surface area (Å²) in [6.45, 7) is 1.62. The molecule has 1 aliphatic carbocycles. The van der Waals surface area contributed by atoms with Gasteiger partial charge in [-0.25, -0.2) is 9.37 Å². The van der Waals surface area contributed by atoms with Gasteiger partial charge in [-0.15, -0.1) is 0 Å². The van der Waals surface area contributed by atoms with E-state index in [9.17, 15) is 28.3 Å². The number of pyridine rings is 2. The molecule has 11 heteroatoms. The molecule has 1 saturated carbocycles. The maximum atomic E-state index is 13.8. The largest absolute Gasteiger partial charge is 0.503 e. The summed E-state index contributed by atoms with van der Waals surface area (Å²) in [6.07, 6.45) is 4.16. The van der Waals surface area contributed by atoms with Crippen LogP contribution in [0.5, 0.6) is 5.75 Å². The van der Waals surface area contributed by atoms with Crippen molar-refractivity contribution in [2.45, 2.75) is 50.5 Å². The lowest BCUT2D eigenvalue weighted by Gasteiger charge is -2.45. The zero-order chi connectivity index (χ0) is 22.8. The van der Waals surface area contributed by atoms with Gasteiger partial charge in [0.05, 0.1) is 30.8 Å². The molecule has 3 aliphatic rings. The molecule has 1 spiro atoms. The third-order valence-electron chi connectivity index (χ3n) is 6.54. The predicted octanol–water partition coefficient (Wildman–Crippen LogP) is 1.45. The van der Waals surface area contributed by atoms with Gasteiger partial charge in [-0.2, -0.15) is 4.39 Å². The Labute approximate surface area is 180 Å².